The van der Waals surface area contributed by atoms with Crippen molar-refractivity contribution in [1.29, 1.82) is 0 Å². The quantitative estimate of drug-likeness (QED) is 0.306. The molecule has 0 amide bonds. The van der Waals surface area contributed by atoms with Crippen molar-refractivity contribution in [2.75, 3.05) is 19.3 Å². The first-order valence-corrected chi connectivity index (χ1v) is 9.88. The van der Waals surface area contributed by atoms with Crippen LogP contribution in [0.25, 0.3) is 11.0 Å². The van der Waals surface area contributed by atoms with E-state index in [0.717, 1.165) is 21.6 Å². The molecule has 0 saturated carbocycles. The van der Waals surface area contributed by atoms with Gasteiger partial charge < -0.3 is 15.1 Å². The van der Waals surface area contributed by atoms with Crippen LogP contribution in [0.15, 0.2) is 75.0 Å². The number of para-hydroxylation sites is 1. The number of hydrogen-bond donors (Lipinski definition) is 2. The van der Waals surface area contributed by atoms with Crippen LogP contribution in [0, 0.1) is 0 Å². The normalized spacial score (nSPS) is 13.6. The minimum atomic E-state index is -1.02. The van der Waals surface area contributed by atoms with Crippen molar-refractivity contribution < 1.29 is 8.63 Å². The summed E-state index contributed by atoms with van der Waals surface area (Å²) >= 11 is 0. The van der Waals surface area contributed by atoms with Crippen LogP contribution in [0.4, 0.5) is 0 Å². The van der Waals surface area contributed by atoms with Crippen LogP contribution in [0.2, 0.25) is 0 Å². The van der Waals surface area contributed by atoms with E-state index in [4.69, 9.17) is 4.42 Å². The molecule has 144 valence electrons. The van der Waals surface area contributed by atoms with E-state index >= 15 is 0 Å². The molecule has 3 rings (SSSR count). The fraction of sp³-hybridized carbons (Fsp3) is 0.250. The lowest BCUT2D eigenvalue weighted by Gasteiger charge is -2.16. The Morgan fingerprint density at radius 1 is 1.15 bits per heavy atom. The first kappa shape index (κ1) is 21.4. The van der Waals surface area contributed by atoms with E-state index in [0.29, 0.717) is 18.3 Å². The second-order valence-corrected chi connectivity index (χ2v) is 7.49. The standard InChI is InChI=1S/C20H23N3O2S.HI/c1-15(19-14-16-8-6-7-11-18(16)25-19)23-20(21-2)22-12-13-26(24)17-9-4-3-5-10-17;/h3-11,14-15H,12-13H2,1-2H3,(H2,21,22,23);1H. The van der Waals surface area contributed by atoms with Crippen molar-refractivity contribution in [3.05, 3.63) is 66.4 Å². The molecule has 7 heteroatoms. The lowest BCUT2D eigenvalue weighted by Crippen LogP contribution is -2.40. The number of halogens is 1. The smallest absolute Gasteiger partial charge is 0.191 e. The van der Waals surface area contributed by atoms with Crippen LogP contribution >= 0.6 is 24.0 Å². The van der Waals surface area contributed by atoms with E-state index in [1.54, 1.807) is 7.05 Å². The number of rotatable bonds is 6. The Morgan fingerprint density at radius 3 is 2.56 bits per heavy atom. The van der Waals surface area contributed by atoms with Gasteiger partial charge in [-0.05, 0) is 31.2 Å². The van der Waals surface area contributed by atoms with Crippen molar-refractivity contribution >= 4 is 51.7 Å². The van der Waals surface area contributed by atoms with Gasteiger partial charge in [0.25, 0.3) is 0 Å². The minimum absolute atomic E-state index is 0. The van der Waals surface area contributed by atoms with Crippen LogP contribution < -0.4 is 10.6 Å². The molecular weight excluding hydrogens is 473 g/mol. The first-order valence-electron chi connectivity index (χ1n) is 8.56. The molecule has 2 unspecified atom stereocenters. The molecule has 0 aliphatic carbocycles. The molecule has 1 aromatic heterocycles. The van der Waals surface area contributed by atoms with Gasteiger partial charge in [-0.15, -0.1) is 24.0 Å². The zero-order chi connectivity index (χ0) is 18.4. The highest BCUT2D eigenvalue weighted by Crippen LogP contribution is 2.23. The first-order chi connectivity index (χ1) is 12.7. The topological polar surface area (TPSA) is 66.6 Å². The van der Waals surface area contributed by atoms with Gasteiger partial charge in [0, 0.05) is 29.6 Å². The average molecular weight is 497 g/mol. The van der Waals surface area contributed by atoms with Gasteiger partial charge in [0.15, 0.2) is 5.96 Å². The van der Waals surface area contributed by atoms with Crippen LogP contribution in [-0.4, -0.2) is 29.5 Å². The fourth-order valence-electron chi connectivity index (χ4n) is 2.64. The third kappa shape index (κ3) is 5.80. The molecule has 0 bridgehead atoms. The SMILES string of the molecule is CN=C(NCCS(=O)c1ccccc1)NC(C)c1cc2ccccc2o1.I. The number of furan rings is 1. The van der Waals surface area contributed by atoms with E-state index in [2.05, 4.69) is 15.6 Å². The van der Waals surface area contributed by atoms with Crippen molar-refractivity contribution in [3.8, 4) is 0 Å². The van der Waals surface area contributed by atoms with E-state index in [9.17, 15) is 4.21 Å². The van der Waals surface area contributed by atoms with Crippen molar-refractivity contribution in [1.82, 2.24) is 10.6 Å². The van der Waals surface area contributed by atoms with Gasteiger partial charge in [0.1, 0.15) is 11.3 Å². The van der Waals surface area contributed by atoms with Crippen LogP contribution in [-0.2, 0) is 10.8 Å². The number of hydrogen-bond acceptors (Lipinski definition) is 3. The van der Waals surface area contributed by atoms with E-state index in [1.165, 1.54) is 0 Å². The van der Waals surface area contributed by atoms with Crippen molar-refractivity contribution in [2.45, 2.75) is 17.9 Å². The zero-order valence-corrected chi connectivity index (χ0v) is 18.5. The largest absolute Gasteiger partial charge is 0.459 e. The van der Waals surface area contributed by atoms with Gasteiger partial charge >= 0.3 is 0 Å². The number of aliphatic imine (C=N–C) groups is 1. The Morgan fingerprint density at radius 2 is 1.85 bits per heavy atom. The van der Waals surface area contributed by atoms with Crippen LogP contribution in [0.3, 0.4) is 0 Å². The molecule has 2 atom stereocenters. The van der Waals surface area contributed by atoms with Crippen molar-refractivity contribution in [3.63, 3.8) is 0 Å². The molecule has 2 aromatic carbocycles. The monoisotopic (exact) mass is 497 g/mol. The summed E-state index contributed by atoms with van der Waals surface area (Å²) in [7, 11) is 0.692. The molecule has 5 nitrogen and oxygen atoms in total. The Bertz CT molecular complexity index is 879. The van der Waals surface area contributed by atoms with E-state index in [1.807, 2.05) is 67.6 Å². The van der Waals surface area contributed by atoms with Crippen molar-refractivity contribution in [2.24, 2.45) is 4.99 Å². The predicted molar refractivity (Wildman–Crippen MR) is 122 cm³/mol. The molecule has 0 saturated heterocycles. The summed E-state index contributed by atoms with van der Waals surface area (Å²) in [4.78, 5) is 5.07. The maximum Gasteiger partial charge on any atom is 0.191 e. The molecule has 3 aromatic rings. The van der Waals surface area contributed by atoms with Crippen LogP contribution in [0.5, 0.6) is 0 Å². The maximum atomic E-state index is 12.3. The molecule has 0 spiro atoms. The molecule has 0 aliphatic rings. The van der Waals surface area contributed by atoms with Gasteiger partial charge in [-0.1, -0.05) is 36.4 Å². The average Bonchev–Trinajstić information content (AvgIpc) is 3.12. The maximum absolute atomic E-state index is 12.3. The third-order valence-electron chi connectivity index (χ3n) is 4.03. The zero-order valence-electron chi connectivity index (χ0n) is 15.3. The van der Waals surface area contributed by atoms with Gasteiger partial charge in [-0.2, -0.15) is 0 Å². The molecule has 0 radical (unpaired) electrons. The Hall–Kier alpha value is -1.87. The molecule has 0 aliphatic heterocycles. The molecule has 27 heavy (non-hydrogen) atoms. The van der Waals surface area contributed by atoms with Gasteiger partial charge in [-0.3, -0.25) is 9.20 Å². The molecule has 2 N–H and O–H groups in total. The fourth-order valence-corrected chi connectivity index (χ4v) is 3.62. The summed E-state index contributed by atoms with van der Waals surface area (Å²) in [6.07, 6.45) is 0. The molecule has 0 fully saturated rings. The summed E-state index contributed by atoms with van der Waals surface area (Å²) in [5.74, 6) is 2.02. The number of benzene rings is 2. The highest BCUT2D eigenvalue weighted by molar-refractivity contribution is 14.0. The summed E-state index contributed by atoms with van der Waals surface area (Å²) in [5.41, 5.74) is 0.873. The molecule has 1 heterocycles. The number of guanidine groups is 1. The summed E-state index contributed by atoms with van der Waals surface area (Å²) in [5, 5.41) is 7.59. The Balaban J connectivity index is 0.00000261. The summed E-state index contributed by atoms with van der Waals surface area (Å²) in [6, 6.07) is 19.4. The lowest BCUT2D eigenvalue weighted by molar-refractivity contribution is 0.489. The Kier molecular flexibility index (Phi) is 8.30. The third-order valence-corrected chi connectivity index (χ3v) is 5.41. The van der Waals surface area contributed by atoms with Gasteiger partial charge in [0.2, 0.25) is 0 Å². The van der Waals surface area contributed by atoms with Gasteiger partial charge in [0.05, 0.1) is 16.8 Å². The Labute approximate surface area is 179 Å². The minimum Gasteiger partial charge on any atom is -0.459 e. The predicted octanol–water partition coefficient (Wildman–Crippen LogP) is 4.08. The second kappa shape index (κ2) is 10.5. The number of nitrogens with zero attached hydrogens (tertiary/aromatic N) is 1. The molecular formula is C20H24IN3O2S. The number of fused-ring (bicyclic) bond motifs is 1. The summed E-state index contributed by atoms with van der Waals surface area (Å²) in [6.45, 7) is 2.58. The van der Waals surface area contributed by atoms with E-state index in [-0.39, 0.29) is 30.0 Å². The van der Waals surface area contributed by atoms with Gasteiger partial charge in [-0.25, -0.2) is 0 Å². The second-order valence-electron chi connectivity index (χ2n) is 5.91. The van der Waals surface area contributed by atoms with Crippen LogP contribution in [0.1, 0.15) is 18.7 Å². The highest BCUT2D eigenvalue weighted by Gasteiger charge is 2.13. The summed E-state index contributed by atoms with van der Waals surface area (Å²) < 4.78 is 18.1. The highest BCUT2D eigenvalue weighted by atomic mass is 127. The number of nitrogens with one attached hydrogen (secondary N) is 2. The van der Waals surface area contributed by atoms with E-state index < -0.39 is 10.8 Å². The lowest BCUT2D eigenvalue weighted by atomic mass is 10.2.